The number of anilines is 1. The van der Waals surface area contributed by atoms with E-state index >= 15 is 0 Å². The average Bonchev–Trinajstić information content (AvgIpc) is 3.19. The second-order valence-electron chi connectivity index (χ2n) is 7.26. The Bertz CT molecular complexity index is 1230. The zero-order valence-electron chi connectivity index (χ0n) is 18.8. The van der Waals surface area contributed by atoms with Crippen molar-refractivity contribution in [3.05, 3.63) is 46.8 Å². The number of methoxy groups -OCH3 is 3. The van der Waals surface area contributed by atoms with Crippen LogP contribution in [-0.4, -0.2) is 60.9 Å². The summed E-state index contributed by atoms with van der Waals surface area (Å²) >= 11 is 1.37. The fraction of sp³-hybridized carbons (Fsp3) is 0.318. The molecule has 1 heterocycles. The van der Waals surface area contributed by atoms with Crippen LogP contribution in [0.25, 0.3) is 10.1 Å². The molecule has 3 rings (SSSR count). The van der Waals surface area contributed by atoms with Crippen LogP contribution in [0.3, 0.4) is 0 Å². The highest BCUT2D eigenvalue weighted by atomic mass is 32.2. The van der Waals surface area contributed by atoms with E-state index in [2.05, 4.69) is 0 Å². The molecule has 0 aliphatic rings. The van der Waals surface area contributed by atoms with Gasteiger partial charge in [-0.25, -0.2) is 8.42 Å². The molecule has 0 atom stereocenters. The van der Waals surface area contributed by atoms with E-state index in [-0.39, 0.29) is 5.91 Å². The Balaban J connectivity index is 1.86. The van der Waals surface area contributed by atoms with Crippen molar-refractivity contribution in [1.82, 2.24) is 4.90 Å². The zero-order valence-corrected chi connectivity index (χ0v) is 20.5. The Labute approximate surface area is 192 Å². The van der Waals surface area contributed by atoms with Crippen LogP contribution in [0.15, 0.2) is 36.4 Å². The maximum atomic E-state index is 13.1. The molecule has 0 saturated carbocycles. The third-order valence-corrected chi connectivity index (χ3v) is 7.37. The molecule has 10 heteroatoms. The van der Waals surface area contributed by atoms with Crippen molar-refractivity contribution in [2.24, 2.45) is 0 Å². The zero-order chi connectivity index (χ0) is 23.6. The molecule has 0 radical (unpaired) electrons. The maximum absolute atomic E-state index is 13.1. The Morgan fingerprint density at radius 2 is 1.59 bits per heavy atom. The third-order valence-electron chi connectivity index (χ3n) is 5.06. The van der Waals surface area contributed by atoms with Crippen molar-refractivity contribution in [2.75, 3.05) is 46.0 Å². The van der Waals surface area contributed by atoms with Crippen LogP contribution < -0.4 is 18.5 Å². The summed E-state index contributed by atoms with van der Waals surface area (Å²) in [5.74, 6) is 1.39. The molecule has 0 aliphatic carbocycles. The second-order valence-corrected chi connectivity index (χ2v) is 10.4. The molecule has 2 aromatic carbocycles. The molecule has 3 aromatic rings. The van der Waals surface area contributed by atoms with E-state index in [4.69, 9.17) is 14.2 Å². The smallest absolute Gasteiger partial charge is 0.264 e. The van der Waals surface area contributed by atoms with Gasteiger partial charge in [0, 0.05) is 25.3 Å². The summed E-state index contributed by atoms with van der Waals surface area (Å²) in [7, 11) is 4.48. The minimum Gasteiger partial charge on any atom is -0.493 e. The Hall–Kier alpha value is -2.98. The summed E-state index contributed by atoms with van der Waals surface area (Å²) in [6, 6.07) is 10.7. The molecule has 0 N–H and O–H groups in total. The van der Waals surface area contributed by atoms with Gasteiger partial charge >= 0.3 is 0 Å². The van der Waals surface area contributed by atoms with Crippen molar-refractivity contribution >= 4 is 43.0 Å². The van der Waals surface area contributed by atoms with Gasteiger partial charge in [0.1, 0.15) is 0 Å². The highest BCUT2D eigenvalue weighted by molar-refractivity contribution is 7.92. The van der Waals surface area contributed by atoms with Crippen LogP contribution >= 0.6 is 11.3 Å². The SMILES string of the molecule is COc1cc(CN(C)C(=O)c2cc3cc(N(C)S(C)(=O)=O)ccc3s2)cc(OC)c1OC. The molecule has 1 amide bonds. The number of nitrogens with zero attached hydrogens (tertiary/aromatic N) is 2. The number of thiophene rings is 1. The predicted octanol–water partition coefficient (Wildman–Crippen LogP) is 3.60. The van der Waals surface area contributed by atoms with Crippen molar-refractivity contribution in [2.45, 2.75) is 6.54 Å². The van der Waals surface area contributed by atoms with E-state index < -0.39 is 10.0 Å². The first-order valence-electron chi connectivity index (χ1n) is 9.61. The number of carbonyl (C=O) groups excluding carboxylic acids is 1. The van der Waals surface area contributed by atoms with Gasteiger partial charge in [-0.1, -0.05) is 0 Å². The quantitative estimate of drug-likeness (QED) is 0.492. The first-order chi connectivity index (χ1) is 15.1. The van der Waals surface area contributed by atoms with Crippen molar-refractivity contribution in [1.29, 1.82) is 0 Å². The molecular weight excluding hydrogens is 452 g/mol. The first kappa shape index (κ1) is 23.7. The van der Waals surface area contributed by atoms with Crippen LogP contribution in [0.4, 0.5) is 5.69 Å². The van der Waals surface area contributed by atoms with Crippen molar-refractivity contribution in [3.63, 3.8) is 0 Å². The number of rotatable bonds is 8. The Morgan fingerprint density at radius 1 is 0.969 bits per heavy atom. The van der Waals surface area contributed by atoms with Gasteiger partial charge in [0.25, 0.3) is 5.91 Å². The lowest BCUT2D eigenvalue weighted by Gasteiger charge is -2.19. The van der Waals surface area contributed by atoms with Gasteiger partial charge < -0.3 is 19.1 Å². The molecule has 0 bridgehead atoms. The number of amides is 1. The fourth-order valence-corrected chi connectivity index (χ4v) is 4.82. The standard InChI is InChI=1S/C22H26N2O6S2/c1-23(13-14-9-17(28-3)21(30-5)18(10-14)29-4)22(25)20-12-15-11-16(7-8-19(15)31-20)24(2)32(6,26)27/h7-12H,13H2,1-6H3. The topological polar surface area (TPSA) is 85.4 Å². The van der Waals surface area contributed by atoms with E-state index in [0.717, 1.165) is 21.9 Å². The van der Waals surface area contributed by atoms with Crippen molar-refractivity contribution < 1.29 is 27.4 Å². The number of carbonyl (C=O) groups is 1. The summed E-state index contributed by atoms with van der Waals surface area (Å²) in [4.78, 5) is 15.2. The number of benzene rings is 2. The number of sulfonamides is 1. The molecule has 0 fully saturated rings. The van der Waals surface area contributed by atoms with Crippen LogP contribution in [0.2, 0.25) is 0 Å². The first-order valence-corrected chi connectivity index (χ1v) is 12.3. The number of fused-ring (bicyclic) bond motifs is 1. The van der Waals surface area contributed by atoms with Gasteiger partial charge in [0.05, 0.1) is 38.1 Å². The molecule has 8 nitrogen and oxygen atoms in total. The predicted molar refractivity (Wildman–Crippen MR) is 127 cm³/mol. The third kappa shape index (κ3) is 4.76. The van der Waals surface area contributed by atoms with Crippen LogP contribution in [0, 0.1) is 0 Å². The highest BCUT2D eigenvalue weighted by Gasteiger charge is 2.19. The summed E-state index contributed by atoms with van der Waals surface area (Å²) in [6.07, 6.45) is 1.15. The monoisotopic (exact) mass is 478 g/mol. The average molecular weight is 479 g/mol. The molecule has 0 spiro atoms. The van der Waals surface area contributed by atoms with Gasteiger partial charge in [-0.2, -0.15) is 0 Å². The van der Waals surface area contributed by atoms with E-state index in [9.17, 15) is 13.2 Å². The molecule has 0 unspecified atom stereocenters. The van der Waals surface area contributed by atoms with E-state index in [1.165, 1.54) is 29.8 Å². The largest absolute Gasteiger partial charge is 0.493 e. The lowest BCUT2D eigenvalue weighted by atomic mass is 10.1. The lowest BCUT2D eigenvalue weighted by Crippen LogP contribution is -2.25. The number of ether oxygens (including phenoxy) is 3. The summed E-state index contributed by atoms with van der Waals surface area (Å²) in [6.45, 7) is 0.339. The molecular formula is C22H26N2O6S2. The Morgan fingerprint density at radius 3 is 2.12 bits per heavy atom. The molecule has 172 valence electrons. The molecule has 1 aromatic heterocycles. The number of hydrogen-bond acceptors (Lipinski definition) is 7. The minimum absolute atomic E-state index is 0.141. The molecule has 32 heavy (non-hydrogen) atoms. The fourth-order valence-electron chi connectivity index (χ4n) is 3.28. The van der Waals surface area contributed by atoms with Gasteiger partial charge in [0.15, 0.2) is 11.5 Å². The summed E-state index contributed by atoms with van der Waals surface area (Å²) in [5.41, 5.74) is 1.37. The van der Waals surface area contributed by atoms with E-state index in [1.807, 2.05) is 18.2 Å². The van der Waals surface area contributed by atoms with Crippen LogP contribution in [0.5, 0.6) is 17.2 Å². The van der Waals surface area contributed by atoms with Crippen LogP contribution in [0.1, 0.15) is 15.2 Å². The summed E-state index contributed by atoms with van der Waals surface area (Å²) in [5, 5.41) is 0.813. The molecule has 0 saturated heterocycles. The van der Waals surface area contributed by atoms with Gasteiger partial charge in [-0.15, -0.1) is 11.3 Å². The van der Waals surface area contributed by atoms with E-state index in [1.54, 1.807) is 44.4 Å². The maximum Gasteiger partial charge on any atom is 0.264 e. The second kappa shape index (κ2) is 9.25. The normalized spacial score (nSPS) is 11.3. The van der Waals surface area contributed by atoms with Crippen LogP contribution in [-0.2, 0) is 16.6 Å². The lowest BCUT2D eigenvalue weighted by molar-refractivity contribution is 0.0789. The van der Waals surface area contributed by atoms with E-state index in [0.29, 0.717) is 34.4 Å². The summed E-state index contributed by atoms with van der Waals surface area (Å²) < 4.78 is 41.9. The van der Waals surface area contributed by atoms with Gasteiger partial charge in [0.2, 0.25) is 15.8 Å². The van der Waals surface area contributed by atoms with Gasteiger partial charge in [-0.3, -0.25) is 9.10 Å². The Kier molecular flexibility index (Phi) is 6.85. The van der Waals surface area contributed by atoms with Crippen molar-refractivity contribution in [3.8, 4) is 17.2 Å². The van der Waals surface area contributed by atoms with Gasteiger partial charge in [-0.05, 0) is 47.3 Å². The molecule has 0 aliphatic heterocycles. The number of hydrogen-bond donors (Lipinski definition) is 0. The highest BCUT2D eigenvalue weighted by Crippen LogP contribution is 2.38. The minimum atomic E-state index is -3.37.